The number of benzene rings is 1. The maximum Gasteiger partial charge on any atom is 0.240 e. The number of halogens is 1. The van der Waals surface area contributed by atoms with E-state index in [1.54, 1.807) is 50.5 Å². The number of carbonyl (C=O) groups excluding carboxylic acids is 2. The molecule has 1 aromatic carbocycles. The van der Waals surface area contributed by atoms with Crippen LogP contribution in [0.2, 0.25) is 5.02 Å². The van der Waals surface area contributed by atoms with E-state index in [0.29, 0.717) is 21.2 Å². The van der Waals surface area contributed by atoms with E-state index in [1.807, 2.05) is 12.1 Å². The molecule has 0 spiro atoms. The van der Waals surface area contributed by atoms with Gasteiger partial charge in [0.1, 0.15) is 0 Å². The van der Waals surface area contributed by atoms with Crippen molar-refractivity contribution in [3.05, 3.63) is 91.9 Å². The molecular weight excluding hydrogens is 422 g/mol. The molecule has 3 aromatic rings. The van der Waals surface area contributed by atoms with Crippen molar-refractivity contribution in [3.63, 3.8) is 0 Å². The second-order valence-corrected chi connectivity index (χ2v) is 8.66. The fourth-order valence-electron chi connectivity index (χ4n) is 3.65. The van der Waals surface area contributed by atoms with Crippen LogP contribution >= 0.6 is 22.9 Å². The topological polar surface area (TPSA) is 87.5 Å². The molecule has 2 aromatic heterocycles. The summed E-state index contributed by atoms with van der Waals surface area (Å²) in [4.78, 5) is 35.4. The molecule has 1 amide bonds. The number of aromatic amines is 1. The van der Waals surface area contributed by atoms with Crippen LogP contribution < -0.4 is 10.1 Å². The van der Waals surface area contributed by atoms with E-state index in [2.05, 4.69) is 9.97 Å². The Labute approximate surface area is 182 Å². The Balaban J connectivity index is 1.83. The van der Waals surface area contributed by atoms with Gasteiger partial charge < -0.3 is 10.0 Å². The lowest BCUT2D eigenvalue weighted by Gasteiger charge is -2.27. The van der Waals surface area contributed by atoms with Gasteiger partial charge in [-0.25, -0.2) is 9.97 Å². The maximum absolute atomic E-state index is 13.4. The summed E-state index contributed by atoms with van der Waals surface area (Å²) in [5.41, 5.74) is 1.91. The number of nitrogens with one attached hydrogen (secondary N) is 1. The van der Waals surface area contributed by atoms with E-state index < -0.39 is 23.5 Å². The number of aryl methyl sites for hydroxylation is 2. The van der Waals surface area contributed by atoms with Crippen molar-refractivity contribution < 1.29 is 19.7 Å². The maximum atomic E-state index is 13.4. The zero-order chi connectivity index (χ0) is 21.4. The fourth-order valence-corrected chi connectivity index (χ4v) is 4.72. The summed E-state index contributed by atoms with van der Waals surface area (Å²) in [7, 11) is 0. The Morgan fingerprint density at radius 2 is 2.10 bits per heavy atom. The lowest BCUT2D eigenvalue weighted by Crippen LogP contribution is -2.32. The number of ketones is 1. The summed E-state index contributed by atoms with van der Waals surface area (Å²) < 4.78 is 0. The van der Waals surface area contributed by atoms with Crippen molar-refractivity contribution in [2.75, 3.05) is 0 Å². The number of thiazole rings is 1. The highest BCUT2D eigenvalue weighted by Gasteiger charge is 2.40. The number of H-pyrrole nitrogens is 1. The molecule has 0 aliphatic carbocycles. The van der Waals surface area contributed by atoms with Gasteiger partial charge in [-0.1, -0.05) is 23.7 Å². The normalized spacial score (nSPS) is 16.4. The average molecular weight is 440 g/mol. The molecule has 0 saturated carbocycles. The molecule has 8 heteroatoms. The molecule has 0 bridgehead atoms. The van der Waals surface area contributed by atoms with E-state index in [-0.39, 0.29) is 12.1 Å². The second kappa shape index (κ2) is 8.01. The number of Topliss-reactive ketones (excluding diaryl/α,β-unsaturated/α-hetero) is 1. The Morgan fingerprint density at radius 1 is 1.30 bits per heavy atom. The molecule has 152 valence electrons. The molecule has 3 heterocycles. The van der Waals surface area contributed by atoms with E-state index in [9.17, 15) is 14.7 Å². The first-order valence-electron chi connectivity index (χ1n) is 9.28. The fraction of sp³-hybridized carbons (Fsp3) is 0.182. The van der Waals surface area contributed by atoms with Crippen LogP contribution in [0.25, 0.3) is 0 Å². The number of nitrogens with zero attached hydrogens (tertiary/aromatic N) is 2. The Hall–Kier alpha value is -3.03. The minimum Gasteiger partial charge on any atom is -0.868 e. The van der Waals surface area contributed by atoms with Crippen LogP contribution in [-0.2, 0) is 11.3 Å². The molecule has 1 atom stereocenters. The van der Waals surface area contributed by atoms with Crippen molar-refractivity contribution in [3.8, 4) is 0 Å². The summed E-state index contributed by atoms with van der Waals surface area (Å²) in [5.74, 6) is -1.94. The lowest BCUT2D eigenvalue weighted by atomic mass is 9.95. The Kier molecular flexibility index (Phi) is 5.40. The van der Waals surface area contributed by atoms with Gasteiger partial charge in [-0.2, -0.15) is 0 Å². The molecule has 1 unspecified atom stereocenters. The van der Waals surface area contributed by atoms with Crippen LogP contribution in [0.15, 0.2) is 60.1 Å². The minimum absolute atomic E-state index is 0.0612. The number of amides is 1. The van der Waals surface area contributed by atoms with Crippen LogP contribution in [0.5, 0.6) is 0 Å². The second-order valence-electron chi connectivity index (χ2n) is 7.02. The van der Waals surface area contributed by atoms with Crippen LogP contribution in [0.1, 0.15) is 37.5 Å². The minimum atomic E-state index is -0.821. The molecule has 0 saturated heterocycles. The van der Waals surface area contributed by atoms with Gasteiger partial charge in [0.2, 0.25) is 11.7 Å². The number of hydrogen-bond donors (Lipinski definition) is 0. The number of aromatic nitrogens is 2. The molecule has 1 N–H and O–H groups in total. The average Bonchev–Trinajstić information content (AvgIpc) is 3.19. The largest absolute Gasteiger partial charge is 0.868 e. The highest BCUT2D eigenvalue weighted by Crippen LogP contribution is 2.40. The van der Waals surface area contributed by atoms with E-state index >= 15 is 0 Å². The SMILES string of the molecule is Cc1nc(C)c(C(=O)C2=C([O-])C(=O)N(Cc3ccc[nH+]c3)C2c2cccc(Cl)c2)s1. The Morgan fingerprint density at radius 3 is 2.73 bits per heavy atom. The molecule has 1 aliphatic heterocycles. The zero-order valence-corrected chi connectivity index (χ0v) is 17.9. The lowest BCUT2D eigenvalue weighted by molar-refractivity contribution is -0.378. The third-order valence-corrected chi connectivity index (χ3v) is 6.23. The van der Waals surface area contributed by atoms with Gasteiger partial charge in [0.25, 0.3) is 0 Å². The van der Waals surface area contributed by atoms with Gasteiger partial charge in [-0.3, -0.25) is 9.59 Å². The van der Waals surface area contributed by atoms with E-state index in [4.69, 9.17) is 11.6 Å². The van der Waals surface area contributed by atoms with Gasteiger partial charge >= 0.3 is 0 Å². The van der Waals surface area contributed by atoms with Crippen molar-refractivity contribution >= 4 is 34.6 Å². The van der Waals surface area contributed by atoms with Gasteiger partial charge in [0.05, 0.1) is 28.2 Å². The number of rotatable bonds is 5. The summed E-state index contributed by atoms with van der Waals surface area (Å²) in [6, 6.07) is 9.73. The van der Waals surface area contributed by atoms with Crippen molar-refractivity contribution in [2.45, 2.75) is 26.4 Å². The van der Waals surface area contributed by atoms with Gasteiger partial charge in [-0.15, -0.1) is 11.3 Å². The summed E-state index contributed by atoms with van der Waals surface area (Å²) in [6.45, 7) is 3.70. The van der Waals surface area contributed by atoms with Crippen LogP contribution in [0.4, 0.5) is 0 Å². The molecule has 30 heavy (non-hydrogen) atoms. The zero-order valence-electron chi connectivity index (χ0n) is 16.3. The summed E-state index contributed by atoms with van der Waals surface area (Å²) in [5, 5.41) is 14.2. The monoisotopic (exact) mass is 439 g/mol. The molecule has 0 fully saturated rings. The molecule has 6 nitrogen and oxygen atoms in total. The molecule has 1 aliphatic rings. The predicted molar refractivity (Wildman–Crippen MR) is 111 cm³/mol. The van der Waals surface area contributed by atoms with Crippen molar-refractivity contribution in [1.29, 1.82) is 0 Å². The van der Waals surface area contributed by atoms with Crippen LogP contribution in [0.3, 0.4) is 0 Å². The molecular formula is C22H18ClN3O3S. The molecule has 0 radical (unpaired) electrons. The third-order valence-electron chi connectivity index (χ3n) is 4.93. The van der Waals surface area contributed by atoms with E-state index in [1.165, 1.54) is 16.2 Å². The third kappa shape index (κ3) is 3.62. The number of hydrogen-bond acceptors (Lipinski definition) is 5. The number of pyridine rings is 1. The first kappa shape index (κ1) is 20.3. The van der Waals surface area contributed by atoms with Gasteiger partial charge in [0.15, 0.2) is 12.4 Å². The van der Waals surface area contributed by atoms with Gasteiger partial charge in [-0.05, 0) is 43.4 Å². The highest BCUT2D eigenvalue weighted by atomic mass is 35.5. The molecule has 4 rings (SSSR count). The summed E-state index contributed by atoms with van der Waals surface area (Å²) in [6.07, 6.45) is 3.51. The smallest absolute Gasteiger partial charge is 0.240 e. The van der Waals surface area contributed by atoms with E-state index in [0.717, 1.165) is 10.6 Å². The highest BCUT2D eigenvalue weighted by molar-refractivity contribution is 7.14. The number of carbonyl (C=O) groups is 2. The first-order valence-corrected chi connectivity index (χ1v) is 10.5. The van der Waals surface area contributed by atoms with Crippen LogP contribution in [-0.4, -0.2) is 21.6 Å². The Bertz CT molecular complexity index is 1170. The quantitative estimate of drug-likeness (QED) is 0.572. The summed E-state index contributed by atoms with van der Waals surface area (Å²) >= 11 is 7.40. The van der Waals surface area contributed by atoms with Crippen molar-refractivity contribution in [2.24, 2.45) is 0 Å². The predicted octanol–water partition coefficient (Wildman–Crippen LogP) is 2.81. The van der Waals surface area contributed by atoms with Gasteiger partial charge in [0, 0.05) is 22.2 Å². The first-order chi connectivity index (χ1) is 14.4. The standard InChI is InChI=1S/C22H18ClN3O3S/c1-12-21(30-13(2)25-12)19(27)17-18(15-6-3-7-16(23)9-15)26(22(29)20(17)28)11-14-5-4-8-24-10-14/h3-10,18,28H,11H2,1-2H3. The van der Waals surface area contributed by atoms with Crippen molar-refractivity contribution in [1.82, 2.24) is 9.88 Å². The van der Waals surface area contributed by atoms with Crippen LogP contribution in [0, 0.1) is 13.8 Å².